The Labute approximate surface area is 162 Å². The van der Waals surface area contributed by atoms with Crippen LogP contribution in [0.15, 0.2) is 27.7 Å². The topological polar surface area (TPSA) is 81.5 Å². The fourth-order valence-corrected chi connectivity index (χ4v) is 4.11. The number of thioether (sulfide) groups is 1. The fraction of sp³-hybridized carbons (Fsp3) is 0.389. The van der Waals surface area contributed by atoms with Crippen molar-refractivity contribution in [2.75, 3.05) is 5.75 Å². The summed E-state index contributed by atoms with van der Waals surface area (Å²) in [5.74, 6) is 0.854. The summed E-state index contributed by atoms with van der Waals surface area (Å²) in [6.45, 7) is 5.32. The zero-order valence-corrected chi connectivity index (χ0v) is 16.5. The minimum Gasteiger partial charge on any atom is -0.379 e. The van der Waals surface area contributed by atoms with Gasteiger partial charge in [0.05, 0.1) is 16.8 Å². The lowest BCUT2D eigenvalue weighted by molar-refractivity contribution is 0.0991. The van der Waals surface area contributed by atoms with Gasteiger partial charge in [-0.15, -0.1) is 12.4 Å². The van der Waals surface area contributed by atoms with Gasteiger partial charge in [0.15, 0.2) is 11.0 Å². The number of benzene rings is 1. The number of carbonyl (C=O) groups is 1. The molecule has 1 aromatic heterocycles. The predicted molar refractivity (Wildman–Crippen MR) is 104 cm³/mol. The van der Waals surface area contributed by atoms with Crippen molar-refractivity contribution in [1.82, 2.24) is 5.16 Å². The summed E-state index contributed by atoms with van der Waals surface area (Å²) in [5.41, 5.74) is 7.39. The van der Waals surface area contributed by atoms with Crippen LogP contribution in [0.5, 0.6) is 0 Å². The van der Waals surface area contributed by atoms with Crippen LogP contribution in [0.4, 0.5) is 4.39 Å². The van der Waals surface area contributed by atoms with Crippen molar-refractivity contribution >= 4 is 35.1 Å². The minimum atomic E-state index is -0.707. The molecular formula is C18H21ClFN3O2S. The lowest BCUT2D eigenvalue weighted by Crippen LogP contribution is -2.29. The molecule has 0 spiro atoms. The summed E-state index contributed by atoms with van der Waals surface area (Å²) in [7, 11) is 0. The molecule has 0 aliphatic carbocycles. The number of amidine groups is 1. The summed E-state index contributed by atoms with van der Waals surface area (Å²) in [6, 6.07) is 4.74. The number of nitrogens with zero attached hydrogens (tertiary/aromatic N) is 2. The number of nitrogens with two attached hydrogens (primary N) is 1. The van der Waals surface area contributed by atoms with Crippen LogP contribution in [0, 0.1) is 19.7 Å². The van der Waals surface area contributed by atoms with Crippen LogP contribution in [-0.2, 0) is 12.0 Å². The van der Waals surface area contributed by atoms with Crippen molar-refractivity contribution in [2.24, 2.45) is 10.7 Å². The van der Waals surface area contributed by atoms with Crippen molar-refractivity contribution in [1.29, 1.82) is 0 Å². The lowest BCUT2D eigenvalue weighted by Gasteiger charge is -2.30. The van der Waals surface area contributed by atoms with Gasteiger partial charge in [0.25, 0.3) is 0 Å². The Kier molecular flexibility index (Phi) is 6.13. The van der Waals surface area contributed by atoms with Gasteiger partial charge in [-0.05, 0) is 44.9 Å². The van der Waals surface area contributed by atoms with E-state index in [4.69, 9.17) is 10.3 Å². The standard InChI is InChI=1S/C18H20FN3O2S.ClH/c1-10-16(11(2)24-22-10)15(23)9-12-4-5-14(19)13(8-12)18(3)6-7-25-17(20)21-18;/h4-5,8H,6-7,9H2,1-3H3,(H2,20,21);1H/t18-;/m0./s1. The Morgan fingerprint density at radius 1 is 1.42 bits per heavy atom. The van der Waals surface area contributed by atoms with Gasteiger partial charge in [-0.1, -0.05) is 23.0 Å². The molecule has 2 heterocycles. The van der Waals surface area contributed by atoms with E-state index < -0.39 is 5.54 Å². The molecule has 1 aromatic carbocycles. The first-order valence-electron chi connectivity index (χ1n) is 8.03. The molecular weight excluding hydrogens is 377 g/mol. The third kappa shape index (κ3) is 3.94. The molecule has 0 fully saturated rings. The highest BCUT2D eigenvalue weighted by Crippen LogP contribution is 2.36. The van der Waals surface area contributed by atoms with Gasteiger partial charge in [0.2, 0.25) is 0 Å². The highest BCUT2D eigenvalue weighted by Gasteiger charge is 2.32. The Balaban J connectivity index is 0.00000243. The maximum absolute atomic E-state index is 14.4. The molecule has 1 aliphatic rings. The summed E-state index contributed by atoms with van der Waals surface area (Å²) in [4.78, 5) is 17.0. The summed E-state index contributed by atoms with van der Waals surface area (Å²) in [5, 5.41) is 4.28. The van der Waals surface area contributed by atoms with E-state index in [-0.39, 0.29) is 30.4 Å². The normalized spacial score (nSPS) is 19.6. The summed E-state index contributed by atoms with van der Waals surface area (Å²) in [6.07, 6.45) is 0.844. The van der Waals surface area contributed by atoms with E-state index in [2.05, 4.69) is 10.1 Å². The van der Waals surface area contributed by atoms with Gasteiger partial charge in [-0.3, -0.25) is 9.79 Å². The molecule has 0 unspecified atom stereocenters. The average molecular weight is 398 g/mol. The van der Waals surface area contributed by atoms with Crippen LogP contribution in [0.3, 0.4) is 0 Å². The molecule has 8 heteroatoms. The Bertz CT molecular complexity index is 849. The number of aryl methyl sites for hydroxylation is 2. The highest BCUT2D eigenvalue weighted by atomic mass is 35.5. The number of hydrogen-bond donors (Lipinski definition) is 1. The van der Waals surface area contributed by atoms with Crippen LogP contribution >= 0.6 is 24.2 Å². The van der Waals surface area contributed by atoms with Crippen molar-refractivity contribution in [3.63, 3.8) is 0 Å². The molecule has 0 amide bonds. The van der Waals surface area contributed by atoms with Crippen molar-refractivity contribution in [3.05, 3.63) is 52.2 Å². The number of aliphatic imine (C=N–C) groups is 1. The van der Waals surface area contributed by atoms with Crippen LogP contribution in [0.25, 0.3) is 0 Å². The molecule has 0 radical (unpaired) electrons. The molecule has 140 valence electrons. The van der Waals surface area contributed by atoms with E-state index in [1.165, 1.54) is 17.8 Å². The van der Waals surface area contributed by atoms with Gasteiger partial charge >= 0.3 is 0 Å². The second-order valence-corrected chi connectivity index (χ2v) is 7.55. The second-order valence-electron chi connectivity index (χ2n) is 6.44. The van der Waals surface area contributed by atoms with Crippen molar-refractivity contribution in [3.8, 4) is 0 Å². The quantitative estimate of drug-likeness (QED) is 0.790. The zero-order chi connectivity index (χ0) is 18.2. The number of rotatable bonds is 4. The second kappa shape index (κ2) is 7.80. The Hall–Kier alpha value is -1.86. The molecule has 26 heavy (non-hydrogen) atoms. The smallest absolute Gasteiger partial charge is 0.172 e. The highest BCUT2D eigenvalue weighted by molar-refractivity contribution is 8.13. The van der Waals surface area contributed by atoms with Crippen LogP contribution in [0.2, 0.25) is 0 Å². The van der Waals surface area contributed by atoms with E-state index >= 15 is 0 Å². The first kappa shape index (κ1) is 20.5. The third-order valence-corrected chi connectivity index (χ3v) is 5.28. The molecule has 5 nitrogen and oxygen atoms in total. The van der Waals surface area contributed by atoms with Crippen molar-refractivity contribution in [2.45, 2.75) is 39.2 Å². The zero-order valence-electron chi connectivity index (χ0n) is 14.8. The first-order valence-corrected chi connectivity index (χ1v) is 9.02. The maximum atomic E-state index is 14.4. The van der Waals surface area contributed by atoms with Crippen LogP contribution < -0.4 is 5.73 Å². The van der Waals surface area contributed by atoms with Gasteiger partial charge in [0, 0.05) is 17.7 Å². The Morgan fingerprint density at radius 3 is 2.77 bits per heavy atom. The monoisotopic (exact) mass is 397 g/mol. The molecule has 1 atom stereocenters. The molecule has 0 saturated carbocycles. The molecule has 2 N–H and O–H groups in total. The predicted octanol–water partition coefficient (Wildman–Crippen LogP) is 3.94. The van der Waals surface area contributed by atoms with Crippen LogP contribution in [-0.4, -0.2) is 21.9 Å². The largest absolute Gasteiger partial charge is 0.379 e. The molecule has 0 saturated heterocycles. The first-order chi connectivity index (χ1) is 11.8. The van der Waals surface area contributed by atoms with Gasteiger partial charge < -0.3 is 10.3 Å². The third-order valence-electron chi connectivity index (χ3n) is 4.48. The number of carbonyl (C=O) groups excluding carboxylic acids is 1. The van der Waals surface area contributed by atoms with E-state index in [9.17, 15) is 9.18 Å². The Morgan fingerprint density at radius 2 is 2.15 bits per heavy atom. The van der Waals surface area contributed by atoms with Crippen LogP contribution in [0.1, 0.15) is 46.3 Å². The fourth-order valence-electron chi connectivity index (χ4n) is 3.13. The summed E-state index contributed by atoms with van der Waals surface area (Å²) >= 11 is 1.47. The molecule has 1 aliphatic heterocycles. The number of Topliss-reactive ketones (excluding diaryl/α,β-unsaturated/α-hetero) is 1. The average Bonchev–Trinajstić information content (AvgIpc) is 2.87. The molecule has 0 bridgehead atoms. The van der Waals surface area contributed by atoms with Gasteiger partial charge in [0.1, 0.15) is 11.6 Å². The van der Waals surface area contributed by atoms with E-state index in [1.807, 2.05) is 6.92 Å². The van der Waals surface area contributed by atoms with Gasteiger partial charge in [-0.25, -0.2) is 4.39 Å². The van der Waals surface area contributed by atoms with E-state index in [1.54, 1.807) is 26.0 Å². The minimum absolute atomic E-state index is 0. The number of aromatic nitrogens is 1. The van der Waals surface area contributed by atoms with E-state index in [0.29, 0.717) is 34.2 Å². The summed E-state index contributed by atoms with van der Waals surface area (Å²) < 4.78 is 19.5. The number of halogens is 2. The SMILES string of the molecule is Cc1noc(C)c1C(=O)Cc1ccc(F)c([C@]2(C)CCSC(N)=N2)c1.Cl. The maximum Gasteiger partial charge on any atom is 0.172 e. The molecule has 2 aromatic rings. The molecule has 3 rings (SSSR count). The van der Waals surface area contributed by atoms with E-state index in [0.717, 1.165) is 11.3 Å². The number of hydrogen-bond acceptors (Lipinski definition) is 6. The lowest BCUT2D eigenvalue weighted by atomic mass is 9.87. The van der Waals surface area contributed by atoms with Crippen molar-refractivity contribution < 1.29 is 13.7 Å². The number of ketones is 1. The van der Waals surface area contributed by atoms with Gasteiger partial charge in [-0.2, -0.15) is 0 Å².